The third kappa shape index (κ3) is 3.09. The van der Waals surface area contributed by atoms with Gasteiger partial charge < -0.3 is 14.9 Å². The molecule has 2 fully saturated rings. The second kappa shape index (κ2) is 7.05. The van der Waals surface area contributed by atoms with E-state index in [1.807, 2.05) is 30.3 Å². The van der Waals surface area contributed by atoms with Crippen molar-refractivity contribution in [2.45, 2.75) is 31.4 Å². The lowest BCUT2D eigenvalue weighted by molar-refractivity contribution is -0.161. The van der Waals surface area contributed by atoms with Crippen LogP contribution in [0.2, 0.25) is 0 Å². The van der Waals surface area contributed by atoms with Gasteiger partial charge >= 0.3 is 0 Å². The summed E-state index contributed by atoms with van der Waals surface area (Å²) in [4.78, 5) is 29.4. The number of hydrogen-bond acceptors (Lipinski definition) is 4. The lowest BCUT2D eigenvalue weighted by atomic mass is 9.68. The van der Waals surface area contributed by atoms with Gasteiger partial charge in [-0.2, -0.15) is 5.10 Å². The zero-order valence-electron chi connectivity index (χ0n) is 16.3. The van der Waals surface area contributed by atoms with E-state index in [0.717, 1.165) is 5.56 Å². The number of amides is 2. The molecule has 1 spiro atoms. The standard InChI is InChI=1S/C21H26N4O3/c1-23-14-16(13-22-23)19(27)25-10-8-21(9-11-25)12-17(26)18(24(2)20(21)28)15-6-4-3-5-7-15/h3-7,13-14,17-18,26H,8-12H2,1-2H3/t17-,18+/m1/s1. The molecular formula is C21H26N4O3. The van der Waals surface area contributed by atoms with Crippen LogP contribution in [0.1, 0.15) is 41.2 Å². The number of aliphatic hydroxyl groups excluding tert-OH is 1. The molecule has 2 aliphatic heterocycles. The van der Waals surface area contributed by atoms with Crippen LogP contribution in [0, 0.1) is 5.41 Å². The predicted octanol–water partition coefficient (Wildman–Crippen LogP) is 1.61. The van der Waals surface area contributed by atoms with Crippen molar-refractivity contribution in [3.05, 3.63) is 53.9 Å². The van der Waals surface area contributed by atoms with Crippen LogP contribution >= 0.6 is 0 Å². The molecular weight excluding hydrogens is 356 g/mol. The van der Waals surface area contributed by atoms with Crippen LogP contribution in [0.4, 0.5) is 0 Å². The number of likely N-dealkylation sites (tertiary alicyclic amines) is 2. The summed E-state index contributed by atoms with van der Waals surface area (Å²) in [5.41, 5.74) is 0.921. The lowest BCUT2D eigenvalue weighted by Crippen LogP contribution is -2.57. The van der Waals surface area contributed by atoms with Crippen molar-refractivity contribution in [3.63, 3.8) is 0 Å². The number of aromatic nitrogens is 2. The summed E-state index contributed by atoms with van der Waals surface area (Å²) < 4.78 is 1.61. The molecule has 1 aromatic carbocycles. The van der Waals surface area contributed by atoms with Gasteiger partial charge in [0, 0.05) is 33.4 Å². The summed E-state index contributed by atoms with van der Waals surface area (Å²) in [5.74, 6) is 0.0161. The fourth-order valence-corrected chi connectivity index (χ4v) is 4.72. The SMILES string of the molecule is CN1C(=O)C2(CCN(C(=O)c3cnn(C)c3)CC2)C[C@@H](O)[C@@H]1c1ccccc1. The van der Waals surface area contributed by atoms with Crippen LogP contribution in [0.3, 0.4) is 0 Å². The highest BCUT2D eigenvalue weighted by molar-refractivity contribution is 5.94. The first kappa shape index (κ1) is 18.7. The Morgan fingerprint density at radius 3 is 2.46 bits per heavy atom. The molecule has 0 unspecified atom stereocenters. The molecule has 148 valence electrons. The van der Waals surface area contributed by atoms with E-state index in [9.17, 15) is 14.7 Å². The first-order valence-corrected chi connectivity index (χ1v) is 9.69. The second-order valence-electron chi connectivity index (χ2n) is 8.02. The average molecular weight is 382 g/mol. The number of hydrogen-bond donors (Lipinski definition) is 1. The highest BCUT2D eigenvalue weighted by Crippen LogP contribution is 2.46. The number of carbonyl (C=O) groups excluding carboxylic acids is 2. The van der Waals surface area contributed by atoms with Gasteiger partial charge in [-0.05, 0) is 24.8 Å². The molecule has 2 saturated heterocycles. The van der Waals surface area contributed by atoms with E-state index in [2.05, 4.69) is 5.10 Å². The van der Waals surface area contributed by atoms with Gasteiger partial charge in [-0.15, -0.1) is 0 Å². The Morgan fingerprint density at radius 1 is 1.18 bits per heavy atom. The number of benzene rings is 1. The van der Waals surface area contributed by atoms with Gasteiger partial charge in [-0.1, -0.05) is 30.3 Å². The van der Waals surface area contributed by atoms with Crippen LogP contribution in [0.15, 0.2) is 42.7 Å². The van der Waals surface area contributed by atoms with Gasteiger partial charge in [0.25, 0.3) is 5.91 Å². The Labute approximate surface area is 164 Å². The maximum absolute atomic E-state index is 13.3. The number of piperidine rings is 2. The first-order valence-electron chi connectivity index (χ1n) is 9.69. The molecule has 1 N–H and O–H groups in total. The summed E-state index contributed by atoms with van der Waals surface area (Å²) in [6, 6.07) is 9.35. The molecule has 2 aromatic rings. The minimum Gasteiger partial charge on any atom is -0.391 e. The molecule has 0 radical (unpaired) electrons. The van der Waals surface area contributed by atoms with Crippen LogP contribution in [0.25, 0.3) is 0 Å². The summed E-state index contributed by atoms with van der Waals surface area (Å²) in [6.45, 7) is 1.02. The molecule has 2 atom stereocenters. The van der Waals surface area contributed by atoms with Gasteiger partial charge in [-0.25, -0.2) is 0 Å². The molecule has 4 rings (SSSR count). The maximum Gasteiger partial charge on any atom is 0.257 e. The van der Waals surface area contributed by atoms with Crippen molar-refractivity contribution < 1.29 is 14.7 Å². The van der Waals surface area contributed by atoms with Gasteiger partial charge in [0.1, 0.15) is 0 Å². The first-order chi connectivity index (χ1) is 13.4. The Morgan fingerprint density at radius 2 is 1.86 bits per heavy atom. The predicted molar refractivity (Wildman–Crippen MR) is 103 cm³/mol. The number of aryl methyl sites for hydroxylation is 1. The van der Waals surface area contributed by atoms with E-state index < -0.39 is 11.5 Å². The molecule has 1 aromatic heterocycles. The Hall–Kier alpha value is -2.67. The second-order valence-corrected chi connectivity index (χ2v) is 8.02. The van der Waals surface area contributed by atoms with Gasteiger partial charge in [0.15, 0.2) is 0 Å². The molecule has 2 amide bonds. The normalized spacial score (nSPS) is 24.6. The largest absolute Gasteiger partial charge is 0.391 e. The van der Waals surface area contributed by atoms with Crippen LogP contribution < -0.4 is 0 Å². The minimum absolute atomic E-state index is 0.0535. The summed E-state index contributed by atoms with van der Waals surface area (Å²) in [5, 5.41) is 15.0. The zero-order chi connectivity index (χ0) is 19.9. The molecule has 0 aliphatic carbocycles. The third-order valence-corrected chi connectivity index (χ3v) is 6.26. The van der Waals surface area contributed by atoms with E-state index in [1.165, 1.54) is 0 Å². The van der Waals surface area contributed by atoms with Gasteiger partial charge in [0.05, 0.1) is 29.3 Å². The van der Waals surface area contributed by atoms with E-state index >= 15 is 0 Å². The van der Waals surface area contributed by atoms with Crippen molar-refractivity contribution in [1.82, 2.24) is 19.6 Å². The van der Waals surface area contributed by atoms with Crippen molar-refractivity contribution in [1.29, 1.82) is 0 Å². The topological polar surface area (TPSA) is 78.7 Å². The van der Waals surface area contributed by atoms with Crippen molar-refractivity contribution >= 4 is 11.8 Å². The maximum atomic E-state index is 13.3. The molecule has 0 saturated carbocycles. The highest BCUT2D eigenvalue weighted by Gasteiger charge is 2.51. The highest BCUT2D eigenvalue weighted by atomic mass is 16.3. The van der Waals surface area contributed by atoms with E-state index in [1.54, 1.807) is 41.0 Å². The van der Waals surface area contributed by atoms with E-state index in [-0.39, 0.29) is 17.9 Å². The van der Waals surface area contributed by atoms with Gasteiger partial charge in [-0.3, -0.25) is 14.3 Å². The van der Waals surface area contributed by atoms with Crippen LogP contribution in [-0.4, -0.2) is 62.7 Å². The van der Waals surface area contributed by atoms with Crippen molar-refractivity contribution in [3.8, 4) is 0 Å². The Balaban J connectivity index is 1.48. The smallest absolute Gasteiger partial charge is 0.257 e. The lowest BCUT2D eigenvalue weighted by Gasteiger charge is -2.50. The molecule has 2 aliphatic rings. The monoisotopic (exact) mass is 382 g/mol. The van der Waals surface area contributed by atoms with E-state index in [4.69, 9.17) is 0 Å². The third-order valence-electron chi connectivity index (χ3n) is 6.26. The average Bonchev–Trinajstić information content (AvgIpc) is 3.14. The number of aliphatic hydroxyl groups is 1. The molecule has 28 heavy (non-hydrogen) atoms. The van der Waals surface area contributed by atoms with E-state index in [0.29, 0.717) is 37.9 Å². The molecule has 7 heteroatoms. The zero-order valence-corrected chi connectivity index (χ0v) is 16.3. The molecule has 3 heterocycles. The summed E-state index contributed by atoms with van der Waals surface area (Å²) in [7, 11) is 3.56. The van der Waals surface area contributed by atoms with Gasteiger partial charge in [0.2, 0.25) is 5.91 Å². The van der Waals surface area contributed by atoms with Crippen molar-refractivity contribution in [2.75, 3.05) is 20.1 Å². The molecule has 0 bridgehead atoms. The Kier molecular flexibility index (Phi) is 4.71. The minimum atomic E-state index is -0.620. The summed E-state index contributed by atoms with van der Waals surface area (Å²) in [6.07, 6.45) is 4.23. The summed E-state index contributed by atoms with van der Waals surface area (Å²) >= 11 is 0. The fourth-order valence-electron chi connectivity index (χ4n) is 4.72. The quantitative estimate of drug-likeness (QED) is 0.856. The molecule has 7 nitrogen and oxygen atoms in total. The van der Waals surface area contributed by atoms with Crippen LogP contribution in [-0.2, 0) is 11.8 Å². The van der Waals surface area contributed by atoms with Crippen LogP contribution in [0.5, 0.6) is 0 Å². The number of rotatable bonds is 2. The Bertz CT molecular complexity index is 871. The van der Waals surface area contributed by atoms with Crippen molar-refractivity contribution in [2.24, 2.45) is 12.5 Å². The number of carbonyl (C=O) groups is 2. The number of nitrogens with zero attached hydrogens (tertiary/aromatic N) is 4. The fraction of sp³-hybridized carbons (Fsp3) is 0.476. The number of likely N-dealkylation sites (N-methyl/N-ethyl adjacent to an activating group) is 1.